The Morgan fingerprint density at radius 3 is 2.55 bits per heavy atom. The second-order valence-electron chi connectivity index (χ2n) is 8.95. The van der Waals surface area contributed by atoms with E-state index in [1.165, 1.54) is 0 Å². The maximum Gasteiger partial charge on any atom is 0.410 e. The van der Waals surface area contributed by atoms with E-state index in [1.807, 2.05) is 68.2 Å². The van der Waals surface area contributed by atoms with Crippen LogP contribution in [0.15, 0.2) is 42.5 Å². The van der Waals surface area contributed by atoms with Crippen LogP contribution >= 0.6 is 0 Å². The quantitative estimate of drug-likeness (QED) is 0.457. The predicted molar refractivity (Wildman–Crippen MR) is 128 cm³/mol. The van der Waals surface area contributed by atoms with Crippen LogP contribution in [-0.4, -0.2) is 57.9 Å². The zero-order valence-corrected chi connectivity index (χ0v) is 18.9. The Balaban J connectivity index is 1.49. The summed E-state index contributed by atoms with van der Waals surface area (Å²) in [6, 6.07) is 13.0. The number of aromatic amines is 1. The summed E-state index contributed by atoms with van der Waals surface area (Å²) in [7, 11) is 0. The van der Waals surface area contributed by atoms with Gasteiger partial charge in [0.1, 0.15) is 11.3 Å². The second-order valence-corrected chi connectivity index (χ2v) is 8.95. The fourth-order valence-electron chi connectivity index (χ4n) is 3.80. The lowest BCUT2D eigenvalue weighted by atomic mass is 10.1. The summed E-state index contributed by atoms with van der Waals surface area (Å²) in [4.78, 5) is 27.3. The SMILES string of the molecule is CC(C)(C)OC(=O)N1CCN(c2ccc(C=Cc3n[nH]c4ccccc34)cc2[N+](=O)[O-])CC1. The number of piperazine rings is 1. The van der Waals surface area contributed by atoms with E-state index < -0.39 is 5.60 Å². The molecule has 9 heteroatoms. The maximum atomic E-state index is 12.3. The first-order valence-electron chi connectivity index (χ1n) is 10.8. The number of fused-ring (bicyclic) bond motifs is 1. The van der Waals surface area contributed by atoms with Crippen LogP contribution < -0.4 is 4.90 Å². The van der Waals surface area contributed by atoms with Crippen LogP contribution in [0.5, 0.6) is 0 Å². The Hall–Kier alpha value is -3.88. The van der Waals surface area contributed by atoms with E-state index in [-0.39, 0.29) is 16.7 Å². The summed E-state index contributed by atoms with van der Waals surface area (Å²) in [6.07, 6.45) is 3.31. The molecular formula is C24H27N5O4. The molecule has 0 saturated carbocycles. The van der Waals surface area contributed by atoms with Gasteiger partial charge in [-0.3, -0.25) is 15.2 Å². The van der Waals surface area contributed by atoms with Gasteiger partial charge in [0.05, 0.1) is 16.1 Å². The molecular weight excluding hydrogens is 422 g/mol. The van der Waals surface area contributed by atoms with Crippen LogP contribution in [0.3, 0.4) is 0 Å². The van der Waals surface area contributed by atoms with E-state index in [2.05, 4.69) is 10.2 Å². The normalized spacial score (nSPS) is 14.8. The highest BCUT2D eigenvalue weighted by Gasteiger charge is 2.28. The van der Waals surface area contributed by atoms with Crippen molar-refractivity contribution in [3.63, 3.8) is 0 Å². The number of anilines is 1. The van der Waals surface area contributed by atoms with E-state index in [0.717, 1.165) is 16.6 Å². The minimum absolute atomic E-state index is 0.0368. The number of ether oxygens (including phenoxy) is 1. The molecule has 9 nitrogen and oxygen atoms in total. The van der Waals surface area contributed by atoms with Gasteiger partial charge < -0.3 is 14.5 Å². The number of carbonyl (C=O) groups is 1. The smallest absolute Gasteiger partial charge is 0.410 e. The molecule has 0 bridgehead atoms. The summed E-state index contributed by atoms with van der Waals surface area (Å²) < 4.78 is 5.43. The van der Waals surface area contributed by atoms with Crippen LogP contribution in [-0.2, 0) is 4.74 Å². The minimum atomic E-state index is -0.557. The van der Waals surface area contributed by atoms with Crippen molar-refractivity contribution < 1.29 is 14.5 Å². The van der Waals surface area contributed by atoms with Gasteiger partial charge in [0.2, 0.25) is 0 Å². The van der Waals surface area contributed by atoms with E-state index in [4.69, 9.17) is 4.74 Å². The van der Waals surface area contributed by atoms with Crippen molar-refractivity contribution >= 4 is 40.5 Å². The Kier molecular flexibility index (Phi) is 6.04. The Morgan fingerprint density at radius 2 is 1.85 bits per heavy atom. The molecule has 0 atom stereocenters. The van der Waals surface area contributed by atoms with Gasteiger partial charge in [-0.25, -0.2) is 4.79 Å². The number of carbonyl (C=O) groups excluding carboxylic acids is 1. The molecule has 0 spiro atoms. The molecule has 1 saturated heterocycles. The fourth-order valence-corrected chi connectivity index (χ4v) is 3.80. The number of benzene rings is 2. The van der Waals surface area contributed by atoms with Crippen molar-refractivity contribution in [2.24, 2.45) is 0 Å². The molecule has 0 aliphatic carbocycles. The monoisotopic (exact) mass is 449 g/mol. The summed E-state index contributed by atoms with van der Waals surface area (Å²) in [5.41, 5.74) is 2.45. The number of para-hydroxylation sites is 1. The molecule has 2 heterocycles. The molecule has 1 aromatic heterocycles. The highest BCUT2D eigenvalue weighted by Crippen LogP contribution is 2.31. The number of amides is 1. The molecule has 0 radical (unpaired) electrons. The van der Waals surface area contributed by atoms with Crippen molar-refractivity contribution in [3.05, 3.63) is 63.8 Å². The van der Waals surface area contributed by atoms with Crippen molar-refractivity contribution in [2.75, 3.05) is 31.1 Å². The van der Waals surface area contributed by atoms with Gasteiger partial charge in [0.25, 0.3) is 5.69 Å². The molecule has 172 valence electrons. The highest BCUT2D eigenvalue weighted by atomic mass is 16.6. The number of nitrogens with one attached hydrogen (secondary N) is 1. The number of nitro groups is 1. The molecule has 1 aliphatic heterocycles. The average Bonchev–Trinajstić information content (AvgIpc) is 3.19. The van der Waals surface area contributed by atoms with E-state index >= 15 is 0 Å². The largest absolute Gasteiger partial charge is 0.444 e. The third-order valence-electron chi connectivity index (χ3n) is 5.40. The lowest BCUT2D eigenvalue weighted by Gasteiger charge is -2.36. The summed E-state index contributed by atoms with van der Waals surface area (Å²) in [5.74, 6) is 0. The Labute approximate surface area is 191 Å². The Morgan fingerprint density at radius 1 is 1.12 bits per heavy atom. The molecule has 33 heavy (non-hydrogen) atoms. The molecule has 1 N–H and O–H groups in total. The first-order chi connectivity index (χ1) is 15.7. The van der Waals surface area contributed by atoms with Crippen molar-refractivity contribution in [1.82, 2.24) is 15.1 Å². The van der Waals surface area contributed by atoms with Gasteiger partial charge in [0, 0.05) is 37.6 Å². The standard InChI is InChI=1S/C24H27N5O4/c1-24(2,3)33-23(30)28-14-12-27(13-15-28)21-11-9-17(16-22(21)29(31)32)8-10-20-18-6-4-5-7-19(18)25-26-20/h4-11,16H,12-15H2,1-3H3,(H,25,26). The topological polar surface area (TPSA) is 105 Å². The third-order valence-corrected chi connectivity index (χ3v) is 5.40. The van der Waals surface area contributed by atoms with Gasteiger partial charge in [-0.05, 0) is 44.5 Å². The second kappa shape index (κ2) is 8.93. The number of hydrogen-bond donors (Lipinski definition) is 1. The third kappa shape index (κ3) is 5.14. The molecule has 1 amide bonds. The lowest BCUT2D eigenvalue weighted by molar-refractivity contribution is -0.384. The first-order valence-corrected chi connectivity index (χ1v) is 10.8. The maximum absolute atomic E-state index is 12.3. The molecule has 1 aliphatic rings. The van der Waals surface area contributed by atoms with E-state index in [9.17, 15) is 14.9 Å². The van der Waals surface area contributed by atoms with Gasteiger partial charge in [-0.1, -0.05) is 30.3 Å². The van der Waals surface area contributed by atoms with E-state index in [1.54, 1.807) is 17.0 Å². The van der Waals surface area contributed by atoms with E-state index in [0.29, 0.717) is 37.4 Å². The first kappa shape index (κ1) is 22.3. The van der Waals surface area contributed by atoms with Crippen molar-refractivity contribution in [1.29, 1.82) is 0 Å². The number of H-pyrrole nitrogens is 1. The number of aromatic nitrogens is 2. The van der Waals surface area contributed by atoms with Crippen LogP contribution in [0.1, 0.15) is 32.0 Å². The van der Waals surface area contributed by atoms with Crippen LogP contribution in [0.25, 0.3) is 23.1 Å². The van der Waals surface area contributed by atoms with Gasteiger partial charge in [-0.15, -0.1) is 0 Å². The molecule has 1 fully saturated rings. The molecule has 2 aromatic carbocycles. The van der Waals surface area contributed by atoms with Crippen LogP contribution in [0.2, 0.25) is 0 Å². The summed E-state index contributed by atoms with van der Waals surface area (Å²) in [5, 5.41) is 20.1. The average molecular weight is 450 g/mol. The van der Waals surface area contributed by atoms with Gasteiger partial charge >= 0.3 is 6.09 Å². The molecule has 4 rings (SSSR count). The fraction of sp³-hybridized carbons (Fsp3) is 0.333. The minimum Gasteiger partial charge on any atom is -0.444 e. The van der Waals surface area contributed by atoms with Crippen LogP contribution in [0, 0.1) is 10.1 Å². The predicted octanol–water partition coefficient (Wildman–Crippen LogP) is 4.70. The number of nitro benzene ring substituents is 1. The van der Waals surface area contributed by atoms with Crippen molar-refractivity contribution in [3.8, 4) is 0 Å². The zero-order chi connectivity index (χ0) is 23.6. The zero-order valence-electron chi connectivity index (χ0n) is 18.9. The number of hydrogen-bond acceptors (Lipinski definition) is 6. The van der Waals surface area contributed by atoms with Crippen LogP contribution in [0.4, 0.5) is 16.2 Å². The summed E-state index contributed by atoms with van der Waals surface area (Å²) >= 11 is 0. The van der Waals surface area contributed by atoms with Gasteiger partial charge in [0.15, 0.2) is 0 Å². The Bertz CT molecular complexity index is 1200. The number of nitrogens with zero attached hydrogens (tertiary/aromatic N) is 4. The number of rotatable bonds is 4. The van der Waals surface area contributed by atoms with Crippen molar-refractivity contribution in [2.45, 2.75) is 26.4 Å². The molecule has 0 unspecified atom stereocenters. The van der Waals surface area contributed by atoms with Gasteiger partial charge in [-0.2, -0.15) is 5.10 Å². The lowest BCUT2D eigenvalue weighted by Crippen LogP contribution is -2.50. The summed E-state index contributed by atoms with van der Waals surface area (Å²) in [6.45, 7) is 7.36. The highest BCUT2D eigenvalue weighted by molar-refractivity contribution is 5.89. The molecule has 3 aromatic rings.